The van der Waals surface area contributed by atoms with Gasteiger partial charge in [0.15, 0.2) is 0 Å². The molecule has 1 heterocycles. The molecule has 19 heavy (non-hydrogen) atoms. The molecular formula is C14H16N2O2S. The van der Waals surface area contributed by atoms with Gasteiger partial charge < -0.3 is 10.2 Å². The van der Waals surface area contributed by atoms with E-state index >= 15 is 0 Å². The van der Waals surface area contributed by atoms with Crippen molar-refractivity contribution in [3.05, 3.63) is 35.9 Å². The maximum Gasteiger partial charge on any atom is 0.255 e. The molecule has 0 spiro atoms. The van der Waals surface area contributed by atoms with E-state index in [0.29, 0.717) is 23.2 Å². The van der Waals surface area contributed by atoms with Crippen molar-refractivity contribution in [3.8, 4) is 0 Å². The molecule has 1 aliphatic heterocycles. The Morgan fingerprint density at radius 3 is 2.63 bits per heavy atom. The highest BCUT2D eigenvalue weighted by Gasteiger charge is 2.37. The highest BCUT2D eigenvalue weighted by atomic mass is 32.2. The summed E-state index contributed by atoms with van der Waals surface area (Å²) < 4.78 is 0. The van der Waals surface area contributed by atoms with Gasteiger partial charge in [-0.2, -0.15) is 0 Å². The van der Waals surface area contributed by atoms with Crippen molar-refractivity contribution >= 4 is 23.6 Å². The van der Waals surface area contributed by atoms with Gasteiger partial charge in [0.05, 0.1) is 5.88 Å². The molecule has 2 amide bonds. The zero-order chi connectivity index (χ0) is 13.2. The molecule has 1 saturated heterocycles. The van der Waals surface area contributed by atoms with Crippen LogP contribution in [-0.4, -0.2) is 40.4 Å². The SMILES string of the molecule is O=C(NC1CC1)C1CSCN1C(=O)c1ccccc1. The highest BCUT2D eigenvalue weighted by Crippen LogP contribution is 2.25. The fraction of sp³-hybridized carbons (Fsp3) is 0.429. The Labute approximate surface area is 116 Å². The fourth-order valence-electron chi connectivity index (χ4n) is 2.13. The Hall–Kier alpha value is -1.49. The predicted molar refractivity (Wildman–Crippen MR) is 74.9 cm³/mol. The van der Waals surface area contributed by atoms with E-state index in [1.54, 1.807) is 28.8 Å². The normalized spacial score (nSPS) is 22.3. The Morgan fingerprint density at radius 1 is 1.21 bits per heavy atom. The first-order valence-corrected chi connectivity index (χ1v) is 7.65. The van der Waals surface area contributed by atoms with Gasteiger partial charge in [0.2, 0.25) is 5.91 Å². The second kappa shape index (κ2) is 5.25. The van der Waals surface area contributed by atoms with Gasteiger partial charge in [0.25, 0.3) is 5.91 Å². The minimum Gasteiger partial charge on any atom is -0.352 e. The summed E-state index contributed by atoms with van der Waals surface area (Å²) in [6.07, 6.45) is 2.14. The number of carbonyl (C=O) groups excluding carboxylic acids is 2. The lowest BCUT2D eigenvalue weighted by Gasteiger charge is -2.23. The third-order valence-electron chi connectivity index (χ3n) is 3.39. The van der Waals surface area contributed by atoms with Crippen LogP contribution in [-0.2, 0) is 4.79 Å². The molecule has 0 bridgehead atoms. The minimum atomic E-state index is -0.321. The van der Waals surface area contributed by atoms with Gasteiger partial charge in [-0.25, -0.2) is 0 Å². The van der Waals surface area contributed by atoms with Crippen LogP contribution in [0, 0.1) is 0 Å². The van der Waals surface area contributed by atoms with Crippen LogP contribution in [0.1, 0.15) is 23.2 Å². The van der Waals surface area contributed by atoms with Crippen molar-refractivity contribution in [1.29, 1.82) is 0 Å². The van der Waals surface area contributed by atoms with Crippen molar-refractivity contribution < 1.29 is 9.59 Å². The Kier molecular flexibility index (Phi) is 3.46. The maximum atomic E-state index is 12.4. The number of benzene rings is 1. The van der Waals surface area contributed by atoms with Crippen LogP contribution in [0.5, 0.6) is 0 Å². The molecule has 2 aliphatic rings. The van der Waals surface area contributed by atoms with Gasteiger partial charge in [-0.1, -0.05) is 18.2 Å². The second-order valence-electron chi connectivity index (χ2n) is 4.94. The fourth-order valence-corrected chi connectivity index (χ4v) is 3.29. The molecule has 1 aliphatic carbocycles. The van der Waals surface area contributed by atoms with Gasteiger partial charge in [0.1, 0.15) is 6.04 Å². The number of hydrogen-bond acceptors (Lipinski definition) is 3. The molecule has 2 fully saturated rings. The molecule has 0 aromatic heterocycles. The average Bonchev–Trinajstić information content (AvgIpc) is 3.11. The molecule has 1 N–H and O–H groups in total. The number of thioether (sulfide) groups is 1. The number of rotatable bonds is 3. The molecule has 4 nitrogen and oxygen atoms in total. The number of hydrogen-bond donors (Lipinski definition) is 1. The average molecular weight is 276 g/mol. The Morgan fingerprint density at radius 2 is 1.95 bits per heavy atom. The summed E-state index contributed by atoms with van der Waals surface area (Å²) in [6, 6.07) is 9.17. The molecule has 1 aromatic rings. The zero-order valence-electron chi connectivity index (χ0n) is 10.5. The van der Waals surface area contributed by atoms with E-state index in [1.807, 2.05) is 18.2 Å². The lowest BCUT2D eigenvalue weighted by atomic mass is 10.1. The minimum absolute atomic E-state index is 0.00298. The molecule has 1 aromatic carbocycles. The van der Waals surface area contributed by atoms with Crippen LogP contribution in [0.3, 0.4) is 0 Å². The first-order valence-electron chi connectivity index (χ1n) is 6.50. The van der Waals surface area contributed by atoms with E-state index < -0.39 is 0 Å². The Balaban J connectivity index is 1.71. The monoisotopic (exact) mass is 276 g/mol. The van der Waals surface area contributed by atoms with Gasteiger partial charge in [-0.3, -0.25) is 9.59 Å². The summed E-state index contributed by atoms with van der Waals surface area (Å²) in [7, 11) is 0. The van der Waals surface area contributed by atoms with Gasteiger partial charge in [0, 0.05) is 17.4 Å². The number of carbonyl (C=O) groups is 2. The first kappa shape index (κ1) is 12.5. The standard InChI is InChI=1S/C14H16N2O2S/c17-13(15-11-6-7-11)12-8-19-9-16(12)14(18)10-4-2-1-3-5-10/h1-5,11-12H,6-9H2,(H,15,17). The molecule has 3 rings (SSSR count). The summed E-state index contributed by atoms with van der Waals surface area (Å²) in [4.78, 5) is 26.2. The van der Waals surface area contributed by atoms with Crippen LogP contribution in [0.15, 0.2) is 30.3 Å². The van der Waals surface area contributed by atoms with E-state index in [2.05, 4.69) is 5.32 Å². The van der Waals surface area contributed by atoms with Crippen LogP contribution in [0.25, 0.3) is 0 Å². The molecule has 100 valence electrons. The molecule has 1 saturated carbocycles. The third-order valence-corrected chi connectivity index (χ3v) is 4.40. The largest absolute Gasteiger partial charge is 0.352 e. The predicted octanol–water partition coefficient (Wildman–Crippen LogP) is 1.48. The lowest BCUT2D eigenvalue weighted by Crippen LogP contribution is -2.47. The highest BCUT2D eigenvalue weighted by molar-refractivity contribution is 7.99. The van der Waals surface area contributed by atoms with E-state index in [9.17, 15) is 9.59 Å². The first-order chi connectivity index (χ1) is 9.25. The van der Waals surface area contributed by atoms with E-state index in [0.717, 1.165) is 12.8 Å². The van der Waals surface area contributed by atoms with Crippen LogP contribution >= 0.6 is 11.8 Å². The number of amides is 2. The van der Waals surface area contributed by atoms with E-state index in [1.165, 1.54) is 0 Å². The molecule has 5 heteroatoms. The number of nitrogens with zero attached hydrogens (tertiary/aromatic N) is 1. The van der Waals surface area contributed by atoms with Crippen molar-refractivity contribution in [3.63, 3.8) is 0 Å². The van der Waals surface area contributed by atoms with E-state index in [-0.39, 0.29) is 17.9 Å². The molecule has 0 radical (unpaired) electrons. The zero-order valence-corrected chi connectivity index (χ0v) is 11.4. The number of nitrogens with one attached hydrogen (secondary N) is 1. The topological polar surface area (TPSA) is 49.4 Å². The van der Waals surface area contributed by atoms with Crippen LogP contribution in [0.2, 0.25) is 0 Å². The summed E-state index contributed by atoms with van der Waals surface area (Å²) in [5.74, 6) is 1.23. The summed E-state index contributed by atoms with van der Waals surface area (Å²) >= 11 is 1.63. The Bertz CT molecular complexity index is 487. The molecule has 1 atom stereocenters. The van der Waals surface area contributed by atoms with Crippen molar-refractivity contribution in [2.45, 2.75) is 24.9 Å². The molecule has 1 unspecified atom stereocenters. The maximum absolute atomic E-state index is 12.4. The third kappa shape index (κ3) is 2.76. The van der Waals surface area contributed by atoms with Crippen LogP contribution in [0.4, 0.5) is 0 Å². The van der Waals surface area contributed by atoms with Gasteiger partial charge in [-0.05, 0) is 25.0 Å². The van der Waals surface area contributed by atoms with Crippen LogP contribution < -0.4 is 5.32 Å². The van der Waals surface area contributed by atoms with Crippen molar-refractivity contribution in [1.82, 2.24) is 10.2 Å². The summed E-state index contributed by atoms with van der Waals surface area (Å²) in [5.41, 5.74) is 0.647. The second-order valence-corrected chi connectivity index (χ2v) is 5.94. The smallest absolute Gasteiger partial charge is 0.255 e. The van der Waals surface area contributed by atoms with Gasteiger partial charge in [-0.15, -0.1) is 11.8 Å². The van der Waals surface area contributed by atoms with Gasteiger partial charge >= 0.3 is 0 Å². The van der Waals surface area contributed by atoms with Crippen molar-refractivity contribution in [2.24, 2.45) is 0 Å². The lowest BCUT2D eigenvalue weighted by molar-refractivity contribution is -0.124. The molecular weight excluding hydrogens is 260 g/mol. The quantitative estimate of drug-likeness (QED) is 0.910. The van der Waals surface area contributed by atoms with E-state index in [4.69, 9.17) is 0 Å². The van der Waals surface area contributed by atoms with Crippen molar-refractivity contribution in [2.75, 3.05) is 11.6 Å². The summed E-state index contributed by atoms with van der Waals surface area (Å²) in [5, 5.41) is 2.99. The summed E-state index contributed by atoms with van der Waals surface area (Å²) in [6.45, 7) is 0.